The van der Waals surface area contributed by atoms with E-state index in [0.717, 1.165) is 10.9 Å². The second kappa shape index (κ2) is 6.54. The molecule has 3 aromatic rings. The lowest BCUT2D eigenvalue weighted by molar-refractivity contribution is -0.118. The fraction of sp³-hybridized carbons (Fsp3) is 0.111. The number of amides is 1. The quantitative estimate of drug-likeness (QED) is 0.747. The van der Waals surface area contributed by atoms with Crippen LogP contribution in [0.25, 0.3) is 11.0 Å². The van der Waals surface area contributed by atoms with E-state index in [1.807, 2.05) is 0 Å². The fourth-order valence-corrected chi connectivity index (χ4v) is 2.20. The number of fused-ring (bicyclic) bond motifs is 1. The van der Waals surface area contributed by atoms with Gasteiger partial charge >= 0.3 is 5.63 Å². The predicted octanol–water partition coefficient (Wildman–Crippen LogP) is 3.26. The van der Waals surface area contributed by atoms with Crippen molar-refractivity contribution in [2.24, 2.45) is 0 Å². The molecule has 0 aliphatic heterocycles. The molecule has 1 amide bonds. The summed E-state index contributed by atoms with van der Waals surface area (Å²) in [6, 6.07) is 12.3. The van der Waals surface area contributed by atoms with Crippen LogP contribution in [-0.2, 0) is 4.79 Å². The molecule has 0 atom stereocenters. The molecule has 2 aromatic carbocycles. The van der Waals surface area contributed by atoms with Gasteiger partial charge in [0.1, 0.15) is 17.1 Å². The van der Waals surface area contributed by atoms with E-state index >= 15 is 0 Å². The molecule has 0 spiro atoms. The number of halogens is 1. The van der Waals surface area contributed by atoms with E-state index in [1.54, 1.807) is 31.2 Å². The monoisotopic (exact) mass is 327 g/mol. The Morgan fingerprint density at radius 3 is 2.79 bits per heavy atom. The second-order valence-electron chi connectivity index (χ2n) is 5.27. The molecule has 122 valence electrons. The molecule has 0 saturated carbocycles. The standard InChI is InChI=1S/C18H14FNO4/c1-11-2-6-14(19)15(8-11)20-17(21)10-23-13-5-3-12-4-7-18(22)24-16(12)9-13/h2-9H,10H2,1H3,(H,20,21). The zero-order chi connectivity index (χ0) is 17.1. The van der Waals surface area contributed by atoms with Crippen LogP contribution in [-0.4, -0.2) is 12.5 Å². The van der Waals surface area contributed by atoms with E-state index in [-0.39, 0.29) is 12.3 Å². The molecule has 1 N–H and O–H groups in total. The van der Waals surface area contributed by atoms with Crippen molar-refractivity contribution in [3.05, 3.63) is 70.3 Å². The van der Waals surface area contributed by atoms with Gasteiger partial charge in [0.15, 0.2) is 6.61 Å². The summed E-state index contributed by atoms with van der Waals surface area (Å²) in [5.74, 6) is -0.632. The number of hydrogen-bond acceptors (Lipinski definition) is 4. The largest absolute Gasteiger partial charge is 0.484 e. The molecule has 1 aromatic heterocycles. The van der Waals surface area contributed by atoms with E-state index in [0.29, 0.717) is 11.3 Å². The van der Waals surface area contributed by atoms with Crippen molar-refractivity contribution in [2.45, 2.75) is 6.92 Å². The Labute approximate surface area is 136 Å². The highest BCUT2D eigenvalue weighted by molar-refractivity contribution is 5.92. The van der Waals surface area contributed by atoms with Crippen molar-refractivity contribution in [1.82, 2.24) is 0 Å². The summed E-state index contributed by atoms with van der Waals surface area (Å²) in [5.41, 5.74) is 0.836. The van der Waals surface area contributed by atoms with Gasteiger partial charge in [-0.2, -0.15) is 0 Å². The maximum absolute atomic E-state index is 13.6. The molecular formula is C18H14FNO4. The molecule has 24 heavy (non-hydrogen) atoms. The van der Waals surface area contributed by atoms with Gasteiger partial charge in [-0.15, -0.1) is 0 Å². The van der Waals surface area contributed by atoms with Crippen LogP contribution in [0.5, 0.6) is 5.75 Å². The molecule has 1 heterocycles. The number of carbonyl (C=O) groups is 1. The average Bonchev–Trinajstić information content (AvgIpc) is 2.56. The van der Waals surface area contributed by atoms with Crippen LogP contribution in [0.2, 0.25) is 0 Å². The Morgan fingerprint density at radius 2 is 1.96 bits per heavy atom. The van der Waals surface area contributed by atoms with E-state index in [1.165, 1.54) is 24.3 Å². The van der Waals surface area contributed by atoms with Crippen LogP contribution in [0.4, 0.5) is 10.1 Å². The van der Waals surface area contributed by atoms with Crippen LogP contribution in [0.1, 0.15) is 5.56 Å². The van der Waals surface area contributed by atoms with Crippen LogP contribution in [0.3, 0.4) is 0 Å². The van der Waals surface area contributed by atoms with Gasteiger partial charge in [0.2, 0.25) is 0 Å². The van der Waals surface area contributed by atoms with Crippen LogP contribution >= 0.6 is 0 Å². The summed E-state index contributed by atoms with van der Waals surface area (Å²) in [7, 11) is 0. The molecule has 3 rings (SSSR count). The Kier molecular flexibility index (Phi) is 4.29. The molecule has 0 radical (unpaired) electrons. The number of ether oxygens (including phenoxy) is 1. The molecule has 0 aliphatic carbocycles. The highest BCUT2D eigenvalue weighted by atomic mass is 19.1. The zero-order valence-electron chi connectivity index (χ0n) is 12.8. The number of rotatable bonds is 4. The third kappa shape index (κ3) is 3.60. The first-order chi connectivity index (χ1) is 11.5. The first kappa shape index (κ1) is 15.7. The van der Waals surface area contributed by atoms with E-state index in [9.17, 15) is 14.0 Å². The molecule has 5 nitrogen and oxygen atoms in total. The highest BCUT2D eigenvalue weighted by Crippen LogP contribution is 2.20. The minimum absolute atomic E-state index is 0.105. The number of carbonyl (C=O) groups excluding carboxylic acids is 1. The van der Waals surface area contributed by atoms with Gasteiger partial charge in [-0.3, -0.25) is 4.79 Å². The third-order valence-corrected chi connectivity index (χ3v) is 3.36. The van der Waals surface area contributed by atoms with Crippen LogP contribution in [0.15, 0.2) is 57.7 Å². The van der Waals surface area contributed by atoms with E-state index in [4.69, 9.17) is 9.15 Å². The summed E-state index contributed by atoms with van der Waals surface area (Å²) in [6.45, 7) is 1.50. The molecule has 0 saturated heterocycles. The Bertz CT molecular complexity index is 965. The maximum Gasteiger partial charge on any atom is 0.336 e. The topological polar surface area (TPSA) is 68.5 Å². The van der Waals surface area contributed by atoms with Gasteiger partial charge < -0.3 is 14.5 Å². The lowest BCUT2D eigenvalue weighted by Gasteiger charge is -2.09. The van der Waals surface area contributed by atoms with Crippen molar-refractivity contribution in [1.29, 1.82) is 0 Å². The highest BCUT2D eigenvalue weighted by Gasteiger charge is 2.09. The summed E-state index contributed by atoms with van der Waals surface area (Å²) in [4.78, 5) is 23.1. The van der Waals surface area contributed by atoms with Crippen LogP contribution in [0, 0.1) is 12.7 Å². The molecular weight excluding hydrogens is 313 g/mol. The zero-order valence-corrected chi connectivity index (χ0v) is 12.8. The molecule has 0 unspecified atom stereocenters. The normalized spacial score (nSPS) is 10.6. The predicted molar refractivity (Wildman–Crippen MR) is 87.7 cm³/mol. The average molecular weight is 327 g/mol. The van der Waals surface area contributed by atoms with Crippen LogP contribution < -0.4 is 15.7 Å². The summed E-state index contributed by atoms with van der Waals surface area (Å²) < 4.78 is 24.0. The third-order valence-electron chi connectivity index (χ3n) is 3.36. The molecule has 0 aliphatic rings. The number of hydrogen-bond donors (Lipinski definition) is 1. The Morgan fingerprint density at radius 1 is 1.17 bits per heavy atom. The lowest BCUT2D eigenvalue weighted by atomic mass is 10.2. The van der Waals surface area contributed by atoms with Crippen molar-refractivity contribution in [3.8, 4) is 5.75 Å². The second-order valence-corrected chi connectivity index (χ2v) is 5.27. The summed E-state index contributed by atoms with van der Waals surface area (Å²) in [5, 5.41) is 3.20. The lowest BCUT2D eigenvalue weighted by Crippen LogP contribution is -2.20. The van der Waals surface area contributed by atoms with Crippen molar-refractivity contribution in [3.63, 3.8) is 0 Å². The molecule has 6 heteroatoms. The fourth-order valence-electron chi connectivity index (χ4n) is 2.20. The van der Waals surface area contributed by atoms with Crippen molar-refractivity contribution >= 4 is 22.6 Å². The Hall–Kier alpha value is -3.15. The van der Waals surface area contributed by atoms with Gasteiger partial charge in [-0.25, -0.2) is 9.18 Å². The first-order valence-electron chi connectivity index (χ1n) is 7.24. The van der Waals surface area contributed by atoms with E-state index in [2.05, 4.69) is 5.32 Å². The summed E-state index contributed by atoms with van der Waals surface area (Å²) in [6.07, 6.45) is 0. The maximum atomic E-state index is 13.6. The minimum Gasteiger partial charge on any atom is -0.484 e. The van der Waals surface area contributed by atoms with Crippen molar-refractivity contribution < 1.29 is 18.3 Å². The number of anilines is 1. The van der Waals surface area contributed by atoms with Gasteiger partial charge in [0.25, 0.3) is 5.91 Å². The minimum atomic E-state index is -0.513. The Balaban J connectivity index is 1.67. The summed E-state index contributed by atoms with van der Waals surface area (Å²) >= 11 is 0. The van der Waals surface area contributed by atoms with Gasteiger partial charge in [0.05, 0.1) is 5.69 Å². The SMILES string of the molecule is Cc1ccc(F)c(NC(=O)COc2ccc3ccc(=O)oc3c2)c1. The first-order valence-corrected chi connectivity index (χ1v) is 7.24. The van der Waals surface area contributed by atoms with Gasteiger partial charge in [0, 0.05) is 17.5 Å². The number of aryl methyl sites for hydroxylation is 1. The number of benzene rings is 2. The molecule has 0 bridgehead atoms. The van der Waals surface area contributed by atoms with Gasteiger partial charge in [-0.1, -0.05) is 6.07 Å². The molecule has 0 fully saturated rings. The van der Waals surface area contributed by atoms with E-state index < -0.39 is 17.3 Å². The smallest absolute Gasteiger partial charge is 0.336 e. The van der Waals surface area contributed by atoms with Gasteiger partial charge in [-0.05, 0) is 42.8 Å². The number of nitrogens with one attached hydrogen (secondary N) is 1. The van der Waals surface area contributed by atoms with Crippen molar-refractivity contribution in [2.75, 3.05) is 11.9 Å².